The molecule has 4 aliphatic carbocycles. The minimum Gasteiger partial charge on any atom is -1.00 e. The first-order valence-corrected chi connectivity index (χ1v) is 36.9. The molecular formula is C82H96Br4KO8P2-. The molecule has 0 atom stereocenters. The van der Waals surface area contributed by atoms with Crippen LogP contribution in [0.4, 0.5) is 0 Å². The molecule has 15 heteroatoms. The number of carbonyl (C=O) groups excluding carboxylic acids is 6. The Morgan fingerprint density at radius 2 is 0.639 bits per heavy atom. The fraction of sp³-hybridized carbons (Fsp3) is 0.293. The SMILES string of the molecule is C.CC1C=CC(O)C=C1.O.O=C1C=CC(=O)C(CCCCCCCCCCBr)=C1.O=C1C=CC(=O)C(CCCCCCCCCC[P+](c2ccccc2)(c2ccccc2)c2ccccc2)=C1.O=C1C=CC(=O)C=C1.[Br-].[Br-].[Br-].[K+].c1ccc(P(c2ccccc2)c2ccccc2)cc1. The quantitative estimate of drug-likeness (QED) is 0.0202. The number of carbonyl (C=O) groups is 6. The monoisotopic (exact) mass is 1630 g/mol. The number of ketones is 6. The summed E-state index contributed by atoms with van der Waals surface area (Å²) in [7, 11) is -2.15. The van der Waals surface area contributed by atoms with Crippen LogP contribution in [0.15, 0.2) is 278 Å². The van der Waals surface area contributed by atoms with Crippen molar-refractivity contribution in [2.75, 3.05) is 11.5 Å². The summed E-state index contributed by atoms with van der Waals surface area (Å²) in [6.45, 7) is 2.08. The van der Waals surface area contributed by atoms with Crippen LogP contribution >= 0.6 is 31.1 Å². The van der Waals surface area contributed by atoms with Crippen molar-refractivity contribution in [1.82, 2.24) is 0 Å². The Morgan fingerprint density at radius 3 is 0.938 bits per heavy atom. The molecule has 0 spiro atoms. The maximum atomic E-state index is 11.8. The second-order valence-electron chi connectivity index (χ2n) is 22.9. The number of aliphatic hydroxyl groups excluding tert-OH is 1. The van der Waals surface area contributed by atoms with Crippen LogP contribution < -0.4 is 134 Å². The number of alkyl halides is 1. The van der Waals surface area contributed by atoms with Gasteiger partial charge in [-0.15, -0.1) is 0 Å². The maximum absolute atomic E-state index is 11.8. The van der Waals surface area contributed by atoms with E-state index in [4.69, 9.17) is 5.11 Å². The van der Waals surface area contributed by atoms with Crippen LogP contribution in [0.1, 0.15) is 130 Å². The van der Waals surface area contributed by atoms with Gasteiger partial charge in [0.05, 0.1) is 12.3 Å². The number of hydrogen-bond donors (Lipinski definition) is 1. The Morgan fingerprint density at radius 1 is 0.371 bits per heavy atom. The van der Waals surface area contributed by atoms with Gasteiger partial charge in [0.25, 0.3) is 0 Å². The number of hydrogen-bond acceptors (Lipinski definition) is 7. The van der Waals surface area contributed by atoms with Crippen molar-refractivity contribution in [2.45, 2.75) is 136 Å². The molecule has 0 radical (unpaired) electrons. The van der Waals surface area contributed by atoms with Crippen LogP contribution in [0, 0.1) is 5.92 Å². The average molecular weight is 1630 g/mol. The molecule has 6 aromatic carbocycles. The summed E-state index contributed by atoms with van der Waals surface area (Å²) >= 11 is 3.44. The first-order valence-electron chi connectivity index (χ1n) is 32.5. The molecule has 6 aromatic rings. The van der Waals surface area contributed by atoms with Crippen LogP contribution in [-0.2, 0) is 28.8 Å². The zero-order valence-electron chi connectivity index (χ0n) is 55.5. The largest absolute Gasteiger partial charge is 1.00 e. The number of allylic oxidation sites excluding steroid dienone is 14. The van der Waals surface area contributed by atoms with E-state index in [0.717, 1.165) is 43.9 Å². The first-order chi connectivity index (χ1) is 44.5. The number of aliphatic hydroxyl groups is 1. The fourth-order valence-corrected chi connectivity index (χ4v) is 18.0. The summed E-state index contributed by atoms with van der Waals surface area (Å²) in [5.74, 6) is 0.149. The molecule has 10 rings (SSSR count). The van der Waals surface area contributed by atoms with Gasteiger partial charge in [0.2, 0.25) is 0 Å². The summed E-state index contributed by atoms with van der Waals surface area (Å²) in [5, 5.41) is 18.6. The molecule has 0 fully saturated rings. The molecule has 97 heavy (non-hydrogen) atoms. The van der Waals surface area contributed by atoms with Crippen LogP contribution in [0.25, 0.3) is 0 Å². The van der Waals surface area contributed by atoms with Gasteiger partial charge in [-0.05, 0) is 172 Å². The summed E-state index contributed by atoms with van der Waals surface area (Å²) in [5.41, 5.74) is 1.36. The molecule has 0 aromatic heterocycles. The van der Waals surface area contributed by atoms with Crippen molar-refractivity contribution in [2.24, 2.45) is 5.92 Å². The van der Waals surface area contributed by atoms with E-state index in [0.29, 0.717) is 17.1 Å². The molecule has 0 aliphatic heterocycles. The molecule has 512 valence electrons. The molecule has 8 nitrogen and oxygen atoms in total. The molecule has 0 saturated heterocycles. The van der Waals surface area contributed by atoms with Gasteiger partial charge in [-0.3, -0.25) is 28.8 Å². The number of rotatable bonds is 27. The third-order valence-corrected chi connectivity index (χ3v) is 23.3. The van der Waals surface area contributed by atoms with Gasteiger partial charge in [-0.1, -0.05) is 271 Å². The minimum atomic E-state index is -1.71. The normalized spacial score (nSPS) is 14.6. The van der Waals surface area contributed by atoms with E-state index in [1.165, 1.54) is 176 Å². The number of unbranched alkanes of at least 4 members (excludes halogenated alkanes) is 14. The molecular weight excluding hydrogens is 1530 g/mol. The Hall–Kier alpha value is -4.40. The molecule has 0 saturated carbocycles. The third kappa shape index (κ3) is 35.2. The third-order valence-electron chi connectivity index (χ3n) is 15.8. The van der Waals surface area contributed by atoms with Gasteiger partial charge in [0, 0.05) is 16.5 Å². The predicted octanol–water partition coefficient (Wildman–Crippen LogP) is 4.28. The van der Waals surface area contributed by atoms with E-state index in [2.05, 4.69) is 205 Å². The van der Waals surface area contributed by atoms with Crippen LogP contribution in [0.2, 0.25) is 0 Å². The smallest absolute Gasteiger partial charge is 1.00 e. The first kappa shape index (κ1) is 92.6. The van der Waals surface area contributed by atoms with E-state index in [1.807, 2.05) is 12.2 Å². The van der Waals surface area contributed by atoms with Crippen LogP contribution in [0.3, 0.4) is 0 Å². The van der Waals surface area contributed by atoms with Gasteiger partial charge in [0.1, 0.15) is 23.2 Å². The average Bonchev–Trinajstić information content (AvgIpc) is 0.762. The minimum absolute atomic E-state index is 0. The summed E-state index contributed by atoms with van der Waals surface area (Å²) in [6, 6.07) is 65.8. The fourth-order valence-electron chi connectivity index (χ4n) is 10.9. The predicted molar refractivity (Wildman–Crippen MR) is 399 cm³/mol. The van der Waals surface area contributed by atoms with Crippen molar-refractivity contribution in [3.8, 4) is 0 Å². The zero-order valence-corrected chi connectivity index (χ0v) is 66.8. The summed E-state index contributed by atoms with van der Waals surface area (Å²) in [4.78, 5) is 66.5. The topological polar surface area (TPSA) is 154 Å². The van der Waals surface area contributed by atoms with Crippen molar-refractivity contribution in [3.63, 3.8) is 0 Å². The number of halogens is 4. The van der Waals surface area contributed by atoms with Crippen LogP contribution in [0.5, 0.6) is 0 Å². The van der Waals surface area contributed by atoms with E-state index < -0.39 is 15.2 Å². The van der Waals surface area contributed by atoms with E-state index in [9.17, 15) is 28.8 Å². The van der Waals surface area contributed by atoms with Crippen LogP contribution in [-0.4, -0.2) is 62.9 Å². The summed E-state index contributed by atoms with van der Waals surface area (Å²) < 4.78 is 0. The van der Waals surface area contributed by atoms with Gasteiger partial charge >= 0.3 is 51.4 Å². The molecule has 3 N–H and O–H groups in total. The van der Waals surface area contributed by atoms with Gasteiger partial charge < -0.3 is 61.5 Å². The Balaban J connectivity index is 0.00000130. The summed E-state index contributed by atoms with van der Waals surface area (Å²) in [6.07, 6.45) is 42.9. The Labute approximate surface area is 663 Å². The molecule has 4 aliphatic rings. The van der Waals surface area contributed by atoms with Crippen molar-refractivity contribution in [3.05, 3.63) is 278 Å². The molecule has 0 heterocycles. The second kappa shape index (κ2) is 55.3. The van der Waals surface area contributed by atoms with Crippen molar-refractivity contribution in [1.29, 1.82) is 0 Å². The Kier molecular flexibility index (Phi) is 52.8. The standard InChI is InChI=1S/C34H38O2P.C18H15P.C16H23BrO2.C7H10O.C6H4O2.CH4.3BrH.K.H2O/c35-30-25-26-34(36)29(28-30)18-10-5-3-1-2-4-6-17-27-37(31-19-11-7-12-20-31,32-21-13-8-14-22-32)33-23-15-9-16-24-33;1-4-10-16(11-5-1)19(17-12-6-2-7-13-17)18-14-8-3-9-15-18;17-12-8-6-4-2-1-3-5-7-9-14-13-15(18)10-11-16(14)19;1-6-2-4-7(8)5-3-6;7-5-1-2-6(8)4-3-5;;;;;;/h7-9,11-16,19-26,28H,1-6,10,17-18,27H2;1-15H;10-11,13H,1-9,12H2;2-8H,1H3;1-4H;1H4;3*1H;;1H2/q+1;;;;;;;;;+1;/p-3. The van der Waals surface area contributed by atoms with Gasteiger partial charge in [-0.25, -0.2) is 0 Å². The molecule has 0 unspecified atom stereocenters. The van der Waals surface area contributed by atoms with Gasteiger partial charge in [-0.2, -0.15) is 0 Å². The van der Waals surface area contributed by atoms with Crippen molar-refractivity contribution >= 4 is 97.6 Å². The molecule has 0 amide bonds. The van der Waals surface area contributed by atoms with E-state index in [1.54, 1.807) is 12.2 Å². The Bertz CT molecular complexity index is 3190. The van der Waals surface area contributed by atoms with Gasteiger partial charge in [0.15, 0.2) is 34.7 Å². The molecule has 0 bridgehead atoms. The van der Waals surface area contributed by atoms with E-state index >= 15 is 0 Å². The van der Waals surface area contributed by atoms with Crippen molar-refractivity contribution < 1.29 is 142 Å². The number of benzene rings is 6. The maximum Gasteiger partial charge on any atom is 1.00 e. The second-order valence-corrected chi connectivity index (χ2v) is 29.5. The zero-order chi connectivity index (χ0) is 64.6. The van der Waals surface area contributed by atoms with E-state index in [-0.39, 0.29) is 156 Å².